The molecule has 0 aliphatic rings. The van der Waals surface area contributed by atoms with Crippen molar-refractivity contribution >= 4 is 22.7 Å². The van der Waals surface area contributed by atoms with Crippen molar-refractivity contribution in [2.75, 3.05) is 12.4 Å². The second-order valence-electron chi connectivity index (χ2n) is 6.15. The highest BCUT2D eigenvalue weighted by molar-refractivity contribution is 5.92. The van der Waals surface area contributed by atoms with Crippen LogP contribution < -0.4 is 19.5 Å². The van der Waals surface area contributed by atoms with Crippen molar-refractivity contribution in [3.63, 3.8) is 0 Å². The molecule has 29 heavy (non-hydrogen) atoms. The first-order valence-corrected chi connectivity index (χ1v) is 8.82. The van der Waals surface area contributed by atoms with E-state index >= 15 is 0 Å². The minimum atomic E-state index is -0.632. The van der Waals surface area contributed by atoms with E-state index in [1.165, 1.54) is 6.20 Å². The van der Waals surface area contributed by atoms with Crippen LogP contribution in [0.15, 0.2) is 61.1 Å². The molecule has 1 aromatic carbocycles. The van der Waals surface area contributed by atoms with Crippen LogP contribution in [0.3, 0.4) is 0 Å². The van der Waals surface area contributed by atoms with E-state index in [0.717, 1.165) is 16.6 Å². The van der Waals surface area contributed by atoms with E-state index in [2.05, 4.69) is 20.3 Å². The van der Waals surface area contributed by atoms with E-state index in [0.29, 0.717) is 28.8 Å². The largest absolute Gasteiger partial charge is 0.497 e. The number of aromatic nitrogens is 3. The molecule has 3 heterocycles. The number of hydrogen-bond acceptors (Lipinski definition) is 6. The van der Waals surface area contributed by atoms with Gasteiger partial charge in [-0.1, -0.05) is 0 Å². The maximum atomic E-state index is 12.3. The fourth-order valence-corrected chi connectivity index (χ4v) is 2.73. The van der Waals surface area contributed by atoms with Gasteiger partial charge < -0.3 is 19.2 Å². The van der Waals surface area contributed by atoms with Crippen LogP contribution in [0.5, 0.6) is 23.1 Å². The Kier molecular flexibility index (Phi) is 4.98. The second-order valence-corrected chi connectivity index (χ2v) is 6.15. The fourth-order valence-electron chi connectivity index (χ4n) is 2.73. The molecule has 0 aliphatic heterocycles. The molecule has 4 rings (SSSR count). The first-order valence-electron chi connectivity index (χ1n) is 8.82. The average Bonchev–Trinajstić information content (AvgIpc) is 3.13. The van der Waals surface area contributed by atoms with Crippen molar-refractivity contribution in [3.05, 3.63) is 66.7 Å². The zero-order chi connectivity index (χ0) is 20.2. The average molecular weight is 390 g/mol. The SMILES string of the molecule is COc1ccc2[nH]cc(OC(=O)Nc3ccc(Oc4cccnc4C)nc3)c2c1. The lowest BCUT2D eigenvalue weighted by molar-refractivity contribution is 0.215. The number of H-pyrrole nitrogens is 1. The molecule has 8 heteroatoms. The van der Waals surface area contributed by atoms with Gasteiger partial charge in [-0.05, 0) is 43.3 Å². The number of aryl methyl sites for hydroxylation is 1. The summed E-state index contributed by atoms with van der Waals surface area (Å²) in [5.41, 5.74) is 2.07. The number of ether oxygens (including phenoxy) is 3. The van der Waals surface area contributed by atoms with Gasteiger partial charge in [-0.15, -0.1) is 0 Å². The lowest BCUT2D eigenvalue weighted by Gasteiger charge is -2.08. The summed E-state index contributed by atoms with van der Waals surface area (Å²) in [6, 6.07) is 12.4. The molecule has 0 aliphatic carbocycles. The monoisotopic (exact) mass is 390 g/mol. The van der Waals surface area contributed by atoms with Crippen molar-refractivity contribution in [2.45, 2.75) is 6.92 Å². The molecule has 0 radical (unpaired) electrons. The minimum Gasteiger partial charge on any atom is -0.497 e. The normalized spacial score (nSPS) is 10.6. The lowest BCUT2D eigenvalue weighted by atomic mass is 10.2. The number of nitrogens with zero attached hydrogens (tertiary/aromatic N) is 2. The Morgan fingerprint density at radius 1 is 1.10 bits per heavy atom. The molecular formula is C21H18N4O4. The van der Waals surface area contributed by atoms with E-state index in [4.69, 9.17) is 14.2 Å². The standard InChI is InChI=1S/C21H18N4O4/c1-13-18(4-3-9-22-13)28-20-8-5-14(11-24-20)25-21(26)29-19-12-23-17-7-6-15(27-2)10-16(17)19/h3-12,23H,1-2H3,(H,25,26). The highest BCUT2D eigenvalue weighted by atomic mass is 16.6. The molecule has 0 spiro atoms. The summed E-state index contributed by atoms with van der Waals surface area (Å²) >= 11 is 0. The van der Waals surface area contributed by atoms with E-state index in [1.807, 2.05) is 25.1 Å². The van der Waals surface area contributed by atoms with Crippen LogP contribution in [0.4, 0.5) is 10.5 Å². The summed E-state index contributed by atoms with van der Waals surface area (Å²) in [6.45, 7) is 1.85. The zero-order valence-electron chi connectivity index (χ0n) is 15.8. The molecule has 3 aromatic heterocycles. The van der Waals surface area contributed by atoms with E-state index in [-0.39, 0.29) is 0 Å². The van der Waals surface area contributed by atoms with Gasteiger partial charge in [-0.25, -0.2) is 9.78 Å². The number of fused-ring (bicyclic) bond motifs is 1. The molecular weight excluding hydrogens is 372 g/mol. The van der Waals surface area contributed by atoms with Crippen LogP contribution in [0.25, 0.3) is 10.9 Å². The van der Waals surface area contributed by atoms with Crippen LogP contribution in [-0.2, 0) is 0 Å². The Labute approximate surface area is 166 Å². The topological polar surface area (TPSA) is 98.4 Å². The van der Waals surface area contributed by atoms with Gasteiger partial charge in [0.25, 0.3) is 0 Å². The number of amides is 1. The molecule has 0 unspecified atom stereocenters. The molecule has 0 saturated heterocycles. The highest BCUT2D eigenvalue weighted by Crippen LogP contribution is 2.29. The first-order chi connectivity index (χ1) is 14.1. The summed E-state index contributed by atoms with van der Waals surface area (Å²) in [7, 11) is 1.58. The van der Waals surface area contributed by atoms with Crippen molar-refractivity contribution in [3.8, 4) is 23.1 Å². The fraction of sp³-hybridized carbons (Fsp3) is 0.0952. The summed E-state index contributed by atoms with van der Waals surface area (Å²) in [4.78, 5) is 23.7. The summed E-state index contributed by atoms with van der Waals surface area (Å²) in [5, 5.41) is 3.38. The second kappa shape index (κ2) is 7.89. The van der Waals surface area contributed by atoms with E-state index < -0.39 is 6.09 Å². The van der Waals surface area contributed by atoms with Gasteiger partial charge in [0.15, 0.2) is 11.5 Å². The highest BCUT2D eigenvalue weighted by Gasteiger charge is 2.12. The molecule has 0 fully saturated rings. The Bertz CT molecular complexity index is 1160. The van der Waals surface area contributed by atoms with E-state index in [9.17, 15) is 4.79 Å². The lowest BCUT2D eigenvalue weighted by Crippen LogP contribution is -2.16. The first kappa shape index (κ1) is 18.3. The molecule has 1 amide bonds. The zero-order valence-corrected chi connectivity index (χ0v) is 15.8. The van der Waals surface area contributed by atoms with Crippen LogP contribution in [0.2, 0.25) is 0 Å². The van der Waals surface area contributed by atoms with Crippen molar-refractivity contribution < 1.29 is 19.0 Å². The van der Waals surface area contributed by atoms with Crippen molar-refractivity contribution in [2.24, 2.45) is 0 Å². The number of rotatable bonds is 5. The maximum absolute atomic E-state index is 12.3. The number of pyridine rings is 2. The number of benzene rings is 1. The van der Waals surface area contributed by atoms with Gasteiger partial charge in [0.2, 0.25) is 5.88 Å². The number of aromatic amines is 1. The third kappa shape index (κ3) is 4.11. The Morgan fingerprint density at radius 3 is 2.76 bits per heavy atom. The number of carbonyl (C=O) groups is 1. The van der Waals surface area contributed by atoms with Crippen LogP contribution in [0, 0.1) is 6.92 Å². The summed E-state index contributed by atoms with van der Waals surface area (Å²) in [6.07, 6.45) is 4.17. The number of anilines is 1. The number of carbonyl (C=O) groups excluding carboxylic acids is 1. The Hall–Kier alpha value is -4.07. The molecule has 4 aromatic rings. The van der Waals surface area contributed by atoms with Crippen molar-refractivity contribution in [1.82, 2.24) is 15.0 Å². The van der Waals surface area contributed by atoms with Gasteiger partial charge in [0.1, 0.15) is 5.75 Å². The number of methoxy groups -OCH3 is 1. The maximum Gasteiger partial charge on any atom is 0.417 e. The minimum absolute atomic E-state index is 0.392. The summed E-state index contributed by atoms with van der Waals surface area (Å²) in [5.74, 6) is 2.08. The van der Waals surface area contributed by atoms with Gasteiger partial charge in [-0.3, -0.25) is 10.3 Å². The third-order valence-corrected chi connectivity index (χ3v) is 4.21. The summed E-state index contributed by atoms with van der Waals surface area (Å²) < 4.78 is 16.3. The molecule has 0 atom stereocenters. The third-order valence-electron chi connectivity index (χ3n) is 4.21. The number of hydrogen-bond donors (Lipinski definition) is 2. The van der Waals surface area contributed by atoms with Gasteiger partial charge in [-0.2, -0.15) is 0 Å². The predicted molar refractivity (Wildman–Crippen MR) is 108 cm³/mol. The smallest absolute Gasteiger partial charge is 0.417 e. The molecule has 8 nitrogen and oxygen atoms in total. The van der Waals surface area contributed by atoms with Crippen LogP contribution in [-0.4, -0.2) is 28.2 Å². The predicted octanol–water partition coefficient (Wildman–Crippen LogP) is 4.68. The van der Waals surface area contributed by atoms with E-state index in [1.54, 1.807) is 43.8 Å². The molecule has 2 N–H and O–H groups in total. The quantitative estimate of drug-likeness (QED) is 0.513. The van der Waals surface area contributed by atoms with Crippen LogP contribution >= 0.6 is 0 Å². The van der Waals surface area contributed by atoms with Gasteiger partial charge in [0, 0.05) is 29.4 Å². The van der Waals surface area contributed by atoms with Gasteiger partial charge >= 0.3 is 6.09 Å². The Morgan fingerprint density at radius 2 is 2.00 bits per heavy atom. The molecule has 0 saturated carbocycles. The van der Waals surface area contributed by atoms with Gasteiger partial charge in [0.05, 0.1) is 24.7 Å². The molecule has 146 valence electrons. The Balaban J connectivity index is 1.42. The number of nitrogens with one attached hydrogen (secondary N) is 2. The van der Waals surface area contributed by atoms with Crippen molar-refractivity contribution in [1.29, 1.82) is 0 Å². The molecule has 0 bridgehead atoms. The van der Waals surface area contributed by atoms with Crippen LogP contribution in [0.1, 0.15) is 5.69 Å².